The van der Waals surface area contributed by atoms with Gasteiger partial charge >= 0.3 is 0 Å². The number of carbonyl (C=O) groups excluding carboxylic acids is 1. The molecule has 0 heterocycles. The van der Waals surface area contributed by atoms with Gasteiger partial charge in [-0.05, 0) is 42.7 Å². The van der Waals surface area contributed by atoms with Crippen LogP contribution >= 0.6 is 0 Å². The van der Waals surface area contributed by atoms with Crippen molar-refractivity contribution in [2.45, 2.75) is 71.6 Å². The van der Waals surface area contributed by atoms with Gasteiger partial charge in [0.25, 0.3) is 0 Å². The lowest BCUT2D eigenvalue weighted by Crippen LogP contribution is -2.02. The van der Waals surface area contributed by atoms with E-state index in [1.54, 1.807) is 0 Å². The van der Waals surface area contributed by atoms with E-state index in [4.69, 9.17) is 0 Å². The van der Waals surface area contributed by atoms with Crippen LogP contribution in [-0.4, -0.2) is 5.78 Å². The first-order valence-corrected chi connectivity index (χ1v) is 7.81. The van der Waals surface area contributed by atoms with Crippen LogP contribution in [0.4, 0.5) is 0 Å². The fourth-order valence-electron chi connectivity index (χ4n) is 2.46. The molecule has 0 aliphatic heterocycles. The second kappa shape index (κ2) is 8.90. The first kappa shape index (κ1) is 15.9. The molecule has 0 saturated carbocycles. The molecule has 1 atom stereocenters. The third-order valence-corrected chi connectivity index (χ3v) is 3.93. The number of Topliss-reactive ketones (excluding diaryl/α,β-unsaturated/α-hetero) is 1. The number of hydrogen-bond donors (Lipinski definition) is 0. The van der Waals surface area contributed by atoms with E-state index >= 15 is 0 Å². The van der Waals surface area contributed by atoms with Crippen LogP contribution in [0.3, 0.4) is 0 Å². The van der Waals surface area contributed by atoms with Crippen LogP contribution in [0.5, 0.6) is 0 Å². The molecule has 1 aromatic carbocycles. The molecule has 0 bridgehead atoms. The van der Waals surface area contributed by atoms with Crippen molar-refractivity contribution in [2.24, 2.45) is 0 Å². The molecule has 1 nitrogen and oxygen atoms in total. The van der Waals surface area contributed by atoms with Gasteiger partial charge in [-0.2, -0.15) is 0 Å². The number of carbonyl (C=O) groups is 1. The zero-order valence-electron chi connectivity index (χ0n) is 12.7. The summed E-state index contributed by atoms with van der Waals surface area (Å²) >= 11 is 0. The fraction of sp³-hybridized carbons (Fsp3) is 0.611. The highest BCUT2D eigenvalue weighted by Crippen LogP contribution is 2.25. The van der Waals surface area contributed by atoms with Crippen molar-refractivity contribution >= 4 is 5.78 Å². The van der Waals surface area contributed by atoms with E-state index in [9.17, 15) is 4.79 Å². The van der Waals surface area contributed by atoms with Crippen LogP contribution in [0.25, 0.3) is 0 Å². The van der Waals surface area contributed by atoms with Gasteiger partial charge in [0.05, 0.1) is 0 Å². The molecule has 1 heteroatoms. The molecule has 0 fully saturated rings. The minimum Gasteiger partial charge on any atom is -0.300 e. The zero-order valence-corrected chi connectivity index (χ0v) is 12.7. The van der Waals surface area contributed by atoms with E-state index in [2.05, 4.69) is 38.1 Å². The second-order valence-electron chi connectivity index (χ2n) is 5.38. The Morgan fingerprint density at radius 3 is 2.32 bits per heavy atom. The number of aryl methyl sites for hydroxylation is 1. The summed E-state index contributed by atoms with van der Waals surface area (Å²) in [5, 5.41) is 0. The van der Waals surface area contributed by atoms with Crippen molar-refractivity contribution < 1.29 is 4.79 Å². The smallest absolute Gasteiger partial charge is 0.132 e. The average Bonchev–Trinajstić information content (AvgIpc) is 2.46. The van der Waals surface area contributed by atoms with E-state index in [1.807, 2.05) is 6.92 Å². The minimum atomic E-state index is 0.387. The summed E-state index contributed by atoms with van der Waals surface area (Å²) in [4.78, 5) is 11.4. The summed E-state index contributed by atoms with van der Waals surface area (Å²) in [5.74, 6) is 0.925. The lowest BCUT2D eigenvalue weighted by molar-refractivity contribution is -0.118. The highest BCUT2D eigenvalue weighted by Gasteiger charge is 2.11. The van der Waals surface area contributed by atoms with Crippen molar-refractivity contribution in [1.82, 2.24) is 0 Å². The van der Waals surface area contributed by atoms with Gasteiger partial charge in [0.2, 0.25) is 0 Å². The molecule has 0 spiro atoms. The molecule has 0 aliphatic carbocycles. The zero-order chi connectivity index (χ0) is 14.1. The van der Waals surface area contributed by atoms with Crippen LogP contribution < -0.4 is 0 Å². The van der Waals surface area contributed by atoms with E-state index in [0.717, 1.165) is 19.3 Å². The number of unbranched alkanes of at least 4 members (excludes halogenated alkanes) is 1. The lowest BCUT2D eigenvalue weighted by atomic mass is 9.90. The Hall–Kier alpha value is -1.11. The predicted octanol–water partition coefficient (Wildman–Crippen LogP) is 5.28. The summed E-state index contributed by atoms with van der Waals surface area (Å²) in [5.41, 5.74) is 2.83. The van der Waals surface area contributed by atoms with Gasteiger partial charge in [0.1, 0.15) is 5.78 Å². The highest BCUT2D eigenvalue weighted by molar-refractivity contribution is 5.78. The third-order valence-electron chi connectivity index (χ3n) is 3.93. The van der Waals surface area contributed by atoms with Crippen LogP contribution in [0.1, 0.15) is 76.3 Å². The molecule has 1 aromatic rings. The van der Waals surface area contributed by atoms with Gasteiger partial charge in [-0.1, -0.05) is 51.5 Å². The molecule has 0 radical (unpaired) electrons. The van der Waals surface area contributed by atoms with E-state index < -0.39 is 0 Å². The van der Waals surface area contributed by atoms with E-state index in [-0.39, 0.29) is 0 Å². The molecule has 19 heavy (non-hydrogen) atoms. The van der Waals surface area contributed by atoms with Crippen molar-refractivity contribution in [2.75, 3.05) is 0 Å². The quantitative estimate of drug-likeness (QED) is 0.590. The van der Waals surface area contributed by atoms with Gasteiger partial charge < -0.3 is 0 Å². The Balaban J connectivity index is 2.58. The topological polar surface area (TPSA) is 17.1 Å². The molecule has 0 saturated heterocycles. The molecular weight excluding hydrogens is 232 g/mol. The molecule has 0 aromatic heterocycles. The van der Waals surface area contributed by atoms with Gasteiger partial charge in [-0.15, -0.1) is 0 Å². The highest BCUT2D eigenvalue weighted by atomic mass is 16.1. The Bertz CT molecular complexity index is 364. The Morgan fingerprint density at radius 2 is 1.79 bits per heavy atom. The van der Waals surface area contributed by atoms with Crippen molar-refractivity contribution in [3.63, 3.8) is 0 Å². The SMILES string of the molecule is CCCCc1ccc(C(CC)CCC(=O)CC)cc1. The molecule has 1 rings (SSSR count). The van der Waals surface area contributed by atoms with E-state index in [0.29, 0.717) is 18.1 Å². The van der Waals surface area contributed by atoms with Crippen LogP contribution in [0.15, 0.2) is 24.3 Å². The van der Waals surface area contributed by atoms with Gasteiger partial charge in [-0.25, -0.2) is 0 Å². The van der Waals surface area contributed by atoms with Crippen molar-refractivity contribution in [3.05, 3.63) is 35.4 Å². The van der Waals surface area contributed by atoms with Gasteiger partial charge in [0, 0.05) is 12.8 Å². The predicted molar refractivity (Wildman–Crippen MR) is 82.6 cm³/mol. The number of rotatable bonds is 9. The first-order chi connectivity index (χ1) is 9.21. The summed E-state index contributed by atoms with van der Waals surface area (Å²) in [6, 6.07) is 9.04. The fourth-order valence-corrected chi connectivity index (χ4v) is 2.46. The average molecular weight is 260 g/mol. The molecule has 1 unspecified atom stereocenters. The summed E-state index contributed by atoms with van der Waals surface area (Å²) in [7, 11) is 0. The Labute approximate surface area is 118 Å². The number of benzene rings is 1. The third kappa shape index (κ3) is 5.59. The first-order valence-electron chi connectivity index (χ1n) is 7.81. The summed E-state index contributed by atoms with van der Waals surface area (Å²) in [6.07, 6.45) is 7.21. The number of hydrogen-bond acceptors (Lipinski definition) is 1. The minimum absolute atomic E-state index is 0.387. The van der Waals surface area contributed by atoms with Crippen molar-refractivity contribution in [3.8, 4) is 0 Å². The monoisotopic (exact) mass is 260 g/mol. The Morgan fingerprint density at radius 1 is 1.11 bits per heavy atom. The largest absolute Gasteiger partial charge is 0.300 e. The maximum atomic E-state index is 11.4. The molecule has 0 amide bonds. The van der Waals surface area contributed by atoms with Crippen LogP contribution in [-0.2, 0) is 11.2 Å². The Kier molecular flexibility index (Phi) is 7.47. The van der Waals surface area contributed by atoms with Crippen molar-refractivity contribution in [1.29, 1.82) is 0 Å². The molecule has 106 valence electrons. The maximum absolute atomic E-state index is 11.4. The van der Waals surface area contributed by atoms with Gasteiger partial charge in [-0.3, -0.25) is 4.79 Å². The molecule has 0 aliphatic rings. The summed E-state index contributed by atoms with van der Waals surface area (Å²) < 4.78 is 0. The van der Waals surface area contributed by atoms with E-state index in [1.165, 1.54) is 30.4 Å². The summed E-state index contributed by atoms with van der Waals surface area (Å²) in [6.45, 7) is 6.39. The lowest BCUT2D eigenvalue weighted by Gasteiger charge is -2.15. The number of ketones is 1. The van der Waals surface area contributed by atoms with Crippen LogP contribution in [0, 0.1) is 0 Å². The maximum Gasteiger partial charge on any atom is 0.132 e. The second-order valence-corrected chi connectivity index (χ2v) is 5.38. The standard InChI is InChI=1S/C18H28O/c1-4-7-8-15-9-11-17(12-10-15)16(5-2)13-14-18(19)6-3/h9-12,16H,4-8,13-14H2,1-3H3. The van der Waals surface area contributed by atoms with Gasteiger partial charge in [0.15, 0.2) is 0 Å². The molecule has 0 N–H and O–H groups in total. The molecular formula is C18H28O. The van der Waals surface area contributed by atoms with Crippen LogP contribution in [0.2, 0.25) is 0 Å². The normalized spacial score (nSPS) is 12.4.